The third kappa shape index (κ3) is 2.30. The molecule has 1 atom stereocenters. The summed E-state index contributed by atoms with van der Waals surface area (Å²) in [6.07, 6.45) is 2.77. The van der Waals surface area contributed by atoms with Gasteiger partial charge in [-0.2, -0.15) is 0 Å². The van der Waals surface area contributed by atoms with Crippen molar-refractivity contribution in [2.24, 2.45) is 0 Å². The molecule has 0 saturated carbocycles. The summed E-state index contributed by atoms with van der Waals surface area (Å²) >= 11 is 3.42. The molecule has 118 valence electrons. The van der Waals surface area contributed by atoms with Crippen molar-refractivity contribution in [3.63, 3.8) is 0 Å². The number of hydrogen-bond donors (Lipinski definition) is 1. The van der Waals surface area contributed by atoms with Crippen molar-refractivity contribution in [3.05, 3.63) is 51.0 Å². The zero-order valence-electron chi connectivity index (χ0n) is 12.0. The van der Waals surface area contributed by atoms with E-state index in [2.05, 4.69) is 25.9 Å². The van der Waals surface area contributed by atoms with Gasteiger partial charge in [0.1, 0.15) is 5.25 Å². The lowest BCUT2D eigenvalue weighted by atomic mass is 10.0. The first-order valence-corrected chi connectivity index (χ1v) is 9.80. The first kappa shape index (κ1) is 14.8. The van der Waals surface area contributed by atoms with Gasteiger partial charge >= 0.3 is 0 Å². The van der Waals surface area contributed by atoms with Gasteiger partial charge in [-0.05, 0) is 36.4 Å². The van der Waals surface area contributed by atoms with E-state index in [1.54, 1.807) is 6.07 Å². The highest BCUT2D eigenvalue weighted by Gasteiger charge is 2.35. The van der Waals surface area contributed by atoms with Crippen LogP contribution in [0.25, 0.3) is 21.7 Å². The Labute approximate surface area is 140 Å². The van der Waals surface area contributed by atoms with Gasteiger partial charge < -0.3 is 4.98 Å². The number of hydrogen-bond acceptors (Lipinski definition) is 4. The third-order valence-corrected chi connectivity index (χ3v) is 7.02. The maximum absolute atomic E-state index is 12.4. The molecule has 1 fully saturated rings. The summed E-state index contributed by atoms with van der Waals surface area (Å²) in [5.74, 6) is 0.199. The van der Waals surface area contributed by atoms with Crippen molar-refractivity contribution in [2.75, 3.05) is 5.75 Å². The van der Waals surface area contributed by atoms with Crippen LogP contribution in [0.3, 0.4) is 0 Å². The molecule has 3 heterocycles. The number of rotatable bonds is 1. The molecule has 7 heteroatoms. The SMILES string of the molecule is O=c1[nH]ccc2nc(C3CCCS3(=O)=O)c3ccc(Br)cc3c12. The van der Waals surface area contributed by atoms with E-state index >= 15 is 0 Å². The molecule has 0 aliphatic carbocycles. The largest absolute Gasteiger partial charge is 0.328 e. The van der Waals surface area contributed by atoms with Gasteiger partial charge in [-0.15, -0.1) is 0 Å². The summed E-state index contributed by atoms with van der Waals surface area (Å²) in [4.78, 5) is 19.5. The van der Waals surface area contributed by atoms with Crippen LogP contribution in [0.4, 0.5) is 0 Å². The van der Waals surface area contributed by atoms with Gasteiger partial charge in [0.2, 0.25) is 0 Å². The lowest BCUT2D eigenvalue weighted by Crippen LogP contribution is -2.12. The van der Waals surface area contributed by atoms with Crippen LogP contribution >= 0.6 is 15.9 Å². The summed E-state index contributed by atoms with van der Waals surface area (Å²) in [5.41, 5.74) is 0.860. The average molecular weight is 393 g/mol. The Morgan fingerprint density at radius 2 is 2.04 bits per heavy atom. The van der Waals surface area contributed by atoms with E-state index in [1.807, 2.05) is 18.2 Å². The number of fused-ring (bicyclic) bond motifs is 3. The number of benzene rings is 1. The fraction of sp³-hybridized carbons (Fsp3) is 0.250. The summed E-state index contributed by atoms with van der Waals surface area (Å²) in [6.45, 7) is 0. The van der Waals surface area contributed by atoms with E-state index in [1.165, 1.54) is 6.20 Å². The van der Waals surface area contributed by atoms with Crippen LogP contribution < -0.4 is 5.56 Å². The summed E-state index contributed by atoms with van der Waals surface area (Å²) < 4.78 is 25.6. The van der Waals surface area contributed by atoms with Crippen LogP contribution in [-0.2, 0) is 9.84 Å². The van der Waals surface area contributed by atoms with Crippen LogP contribution in [0.2, 0.25) is 0 Å². The highest BCUT2D eigenvalue weighted by atomic mass is 79.9. The molecule has 1 aromatic carbocycles. The molecule has 0 radical (unpaired) electrons. The van der Waals surface area contributed by atoms with Crippen molar-refractivity contribution in [2.45, 2.75) is 18.1 Å². The molecule has 1 N–H and O–H groups in total. The second kappa shape index (κ2) is 5.14. The molecule has 0 bridgehead atoms. The van der Waals surface area contributed by atoms with E-state index in [4.69, 9.17) is 0 Å². The zero-order valence-corrected chi connectivity index (χ0v) is 14.4. The lowest BCUT2D eigenvalue weighted by molar-refractivity contribution is 0.591. The molecule has 3 aromatic rings. The van der Waals surface area contributed by atoms with Gasteiger partial charge in [0.05, 0.1) is 22.3 Å². The predicted octanol–water partition coefficient (Wildman–Crippen LogP) is 3.09. The average Bonchev–Trinajstić information content (AvgIpc) is 2.85. The maximum atomic E-state index is 12.4. The minimum Gasteiger partial charge on any atom is -0.328 e. The summed E-state index contributed by atoms with van der Waals surface area (Å²) in [6, 6.07) is 7.24. The van der Waals surface area contributed by atoms with Gasteiger partial charge in [0, 0.05) is 16.1 Å². The standard InChI is InChI=1S/C16H13BrN2O3S/c17-9-3-4-10-11(8-9)14-12(5-6-18-16(14)20)19-15(10)13-2-1-7-23(13,21)22/h3-6,8,13H,1-2,7H2,(H,18,20). The van der Waals surface area contributed by atoms with E-state index in [-0.39, 0.29) is 11.3 Å². The van der Waals surface area contributed by atoms with Crippen LogP contribution in [0.1, 0.15) is 23.8 Å². The van der Waals surface area contributed by atoms with Gasteiger partial charge in [-0.1, -0.05) is 22.0 Å². The number of aromatic nitrogens is 2. The van der Waals surface area contributed by atoms with Gasteiger partial charge in [0.25, 0.3) is 5.56 Å². The van der Waals surface area contributed by atoms with Gasteiger partial charge in [0.15, 0.2) is 9.84 Å². The topological polar surface area (TPSA) is 79.9 Å². The van der Waals surface area contributed by atoms with Crippen molar-refractivity contribution in [1.29, 1.82) is 0 Å². The molecular weight excluding hydrogens is 380 g/mol. The number of nitrogens with one attached hydrogen (secondary N) is 1. The normalized spacial score (nSPS) is 20.3. The van der Waals surface area contributed by atoms with Crippen LogP contribution in [0.15, 0.2) is 39.7 Å². The molecule has 0 amide bonds. The van der Waals surface area contributed by atoms with Crippen LogP contribution in [0, 0.1) is 0 Å². The monoisotopic (exact) mass is 392 g/mol. The number of pyridine rings is 2. The molecule has 5 nitrogen and oxygen atoms in total. The molecule has 1 saturated heterocycles. The molecule has 23 heavy (non-hydrogen) atoms. The molecular formula is C16H13BrN2O3S. The summed E-state index contributed by atoms with van der Waals surface area (Å²) in [7, 11) is -3.18. The van der Waals surface area contributed by atoms with Crippen LogP contribution in [-0.4, -0.2) is 24.1 Å². The number of sulfone groups is 1. The number of aromatic amines is 1. The lowest BCUT2D eigenvalue weighted by Gasteiger charge is -2.14. The molecule has 2 aromatic heterocycles. The number of H-pyrrole nitrogens is 1. The highest BCUT2D eigenvalue weighted by Crippen LogP contribution is 2.39. The van der Waals surface area contributed by atoms with E-state index < -0.39 is 15.1 Å². The first-order chi connectivity index (χ1) is 11.0. The zero-order chi connectivity index (χ0) is 16.2. The Kier molecular flexibility index (Phi) is 3.32. The number of nitrogens with zero attached hydrogens (tertiary/aromatic N) is 1. The van der Waals surface area contributed by atoms with E-state index in [0.29, 0.717) is 29.4 Å². The molecule has 1 aliphatic rings. The maximum Gasteiger partial charge on any atom is 0.258 e. The molecule has 1 aliphatic heterocycles. The van der Waals surface area contributed by atoms with Crippen molar-refractivity contribution in [3.8, 4) is 0 Å². The second-order valence-electron chi connectivity index (χ2n) is 5.75. The first-order valence-electron chi connectivity index (χ1n) is 7.29. The summed E-state index contributed by atoms with van der Waals surface area (Å²) in [5, 5.41) is 1.36. The quantitative estimate of drug-likeness (QED) is 0.645. The highest BCUT2D eigenvalue weighted by molar-refractivity contribution is 9.10. The van der Waals surface area contributed by atoms with E-state index in [0.717, 1.165) is 15.2 Å². The third-order valence-electron chi connectivity index (χ3n) is 4.34. The Morgan fingerprint density at radius 1 is 1.22 bits per heavy atom. The Balaban J connectivity index is 2.18. The number of halogens is 1. The second-order valence-corrected chi connectivity index (χ2v) is 8.97. The Bertz CT molecular complexity index is 1110. The minimum atomic E-state index is -3.18. The fourth-order valence-corrected chi connectivity index (χ4v) is 5.56. The Hall–Kier alpha value is -1.73. The van der Waals surface area contributed by atoms with Crippen molar-refractivity contribution < 1.29 is 8.42 Å². The fourth-order valence-electron chi connectivity index (χ4n) is 3.30. The van der Waals surface area contributed by atoms with Gasteiger partial charge in [-0.3, -0.25) is 9.78 Å². The van der Waals surface area contributed by atoms with Crippen molar-refractivity contribution in [1.82, 2.24) is 9.97 Å². The molecule has 0 spiro atoms. The predicted molar refractivity (Wildman–Crippen MR) is 93.3 cm³/mol. The Morgan fingerprint density at radius 3 is 2.78 bits per heavy atom. The van der Waals surface area contributed by atoms with Crippen molar-refractivity contribution >= 4 is 47.4 Å². The smallest absolute Gasteiger partial charge is 0.258 e. The van der Waals surface area contributed by atoms with Gasteiger partial charge in [-0.25, -0.2) is 8.42 Å². The van der Waals surface area contributed by atoms with Crippen LogP contribution in [0.5, 0.6) is 0 Å². The van der Waals surface area contributed by atoms with E-state index in [9.17, 15) is 13.2 Å². The molecule has 4 rings (SSSR count). The minimum absolute atomic E-state index is 0.199. The molecule has 1 unspecified atom stereocenters.